The van der Waals surface area contributed by atoms with Crippen LogP contribution in [0, 0.1) is 0 Å². The zero-order valence-electron chi connectivity index (χ0n) is 13.8. The SMILES string of the molecule is CC(C)(C)c1ccc(/C=C/C(=O)NCC(=O)NCC(F)(F)F)cc1. The highest BCUT2D eigenvalue weighted by Crippen LogP contribution is 2.22. The Hall–Kier alpha value is -2.31. The number of carbonyl (C=O) groups excluding carboxylic acids is 2. The van der Waals surface area contributed by atoms with E-state index in [1.807, 2.05) is 24.3 Å². The molecule has 0 atom stereocenters. The number of rotatable bonds is 5. The van der Waals surface area contributed by atoms with E-state index in [1.54, 1.807) is 11.4 Å². The van der Waals surface area contributed by atoms with E-state index in [4.69, 9.17) is 0 Å². The Bertz CT molecular complexity index is 600. The molecule has 0 aliphatic heterocycles. The van der Waals surface area contributed by atoms with Gasteiger partial charge >= 0.3 is 6.18 Å². The van der Waals surface area contributed by atoms with Gasteiger partial charge in [-0.25, -0.2) is 0 Å². The monoisotopic (exact) mass is 342 g/mol. The molecule has 0 aliphatic carbocycles. The Morgan fingerprint density at radius 2 is 1.62 bits per heavy atom. The van der Waals surface area contributed by atoms with Crippen molar-refractivity contribution in [1.82, 2.24) is 10.6 Å². The van der Waals surface area contributed by atoms with Gasteiger partial charge in [0.2, 0.25) is 11.8 Å². The van der Waals surface area contributed by atoms with Crippen molar-refractivity contribution < 1.29 is 22.8 Å². The first-order valence-corrected chi connectivity index (χ1v) is 7.37. The quantitative estimate of drug-likeness (QED) is 0.809. The maximum absolute atomic E-state index is 11.9. The molecule has 0 saturated carbocycles. The normalized spacial score (nSPS) is 12.2. The van der Waals surface area contributed by atoms with Crippen molar-refractivity contribution in [2.75, 3.05) is 13.1 Å². The van der Waals surface area contributed by atoms with Gasteiger partial charge in [0.15, 0.2) is 0 Å². The highest BCUT2D eigenvalue weighted by atomic mass is 19.4. The summed E-state index contributed by atoms with van der Waals surface area (Å²) in [6, 6.07) is 7.64. The van der Waals surface area contributed by atoms with Gasteiger partial charge in [-0.05, 0) is 22.6 Å². The highest BCUT2D eigenvalue weighted by molar-refractivity contribution is 5.94. The van der Waals surface area contributed by atoms with Crippen LogP contribution in [-0.2, 0) is 15.0 Å². The molecule has 0 bridgehead atoms. The van der Waals surface area contributed by atoms with Gasteiger partial charge in [-0.1, -0.05) is 45.0 Å². The fraction of sp³-hybridized carbons (Fsp3) is 0.412. The lowest BCUT2D eigenvalue weighted by Crippen LogP contribution is -2.40. The predicted octanol–water partition coefficient (Wildman–Crippen LogP) is 2.79. The van der Waals surface area contributed by atoms with Crippen LogP contribution >= 0.6 is 0 Å². The number of nitrogens with one attached hydrogen (secondary N) is 2. The van der Waals surface area contributed by atoms with Gasteiger partial charge in [-0.2, -0.15) is 13.2 Å². The molecule has 2 amide bonds. The van der Waals surface area contributed by atoms with Crippen LogP contribution in [0.5, 0.6) is 0 Å². The maximum atomic E-state index is 11.9. The Morgan fingerprint density at radius 3 is 2.12 bits per heavy atom. The van der Waals surface area contributed by atoms with Crippen molar-refractivity contribution in [2.24, 2.45) is 0 Å². The Morgan fingerprint density at radius 1 is 1.04 bits per heavy atom. The molecule has 0 fully saturated rings. The average Bonchev–Trinajstić information content (AvgIpc) is 2.47. The van der Waals surface area contributed by atoms with E-state index in [9.17, 15) is 22.8 Å². The van der Waals surface area contributed by atoms with Crippen LogP contribution in [0.25, 0.3) is 6.08 Å². The minimum atomic E-state index is -4.47. The summed E-state index contributed by atoms with van der Waals surface area (Å²) in [6.45, 7) is 4.35. The molecule has 1 aromatic carbocycles. The smallest absolute Gasteiger partial charge is 0.345 e. The lowest BCUT2D eigenvalue weighted by Gasteiger charge is -2.18. The molecule has 4 nitrogen and oxygen atoms in total. The summed E-state index contributed by atoms with van der Waals surface area (Å²) >= 11 is 0. The Balaban J connectivity index is 2.44. The van der Waals surface area contributed by atoms with Gasteiger partial charge in [0, 0.05) is 6.08 Å². The van der Waals surface area contributed by atoms with Gasteiger partial charge < -0.3 is 10.6 Å². The lowest BCUT2D eigenvalue weighted by molar-refractivity contribution is -0.138. The van der Waals surface area contributed by atoms with Crippen molar-refractivity contribution in [3.8, 4) is 0 Å². The van der Waals surface area contributed by atoms with Crippen molar-refractivity contribution >= 4 is 17.9 Å². The summed E-state index contributed by atoms with van der Waals surface area (Å²) in [6.07, 6.45) is -1.68. The van der Waals surface area contributed by atoms with Gasteiger partial charge in [-0.3, -0.25) is 9.59 Å². The Kier molecular flexibility index (Phi) is 6.57. The van der Waals surface area contributed by atoms with E-state index in [2.05, 4.69) is 26.1 Å². The van der Waals surface area contributed by atoms with Crippen LogP contribution in [0.1, 0.15) is 31.9 Å². The summed E-state index contributed by atoms with van der Waals surface area (Å²) in [7, 11) is 0. The van der Waals surface area contributed by atoms with Crippen molar-refractivity contribution in [3.05, 3.63) is 41.5 Å². The van der Waals surface area contributed by atoms with Gasteiger partial charge in [0.1, 0.15) is 6.54 Å². The van der Waals surface area contributed by atoms with E-state index in [0.29, 0.717) is 0 Å². The van der Waals surface area contributed by atoms with Gasteiger partial charge in [0.25, 0.3) is 0 Å². The van der Waals surface area contributed by atoms with Crippen LogP contribution in [0.15, 0.2) is 30.3 Å². The minimum absolute atomic E-state index is 0.0311. The molecule has 0 unspecified atom stereocenters. The van der Waals surface area contributed by atoms with Crippen molar-refractivity contribution in [2.45, 2.75) is 32.4 Å². The summed E-state index contributed by atoms with van der Waals surface area (Å²) in [5, 5.41) is 3.89. The molecule has 0 heterocycles. The average molecular weight is 342 g/mol. The number of halogens is 3. The van der Waals surface area contributed by atoms with E-state index < -0.39 is 31.1 Å². The molecular weight excluding hydrogens is 321 g/mol. The largest absolute Gasteiger partial charge is 0.405 e. The second kappa shape index (κ2) is 7.99. The predicted molar refractivity (Wildman–Crippen MR) is 86.3 cm³/mol. The minimum Gasteiger partial charge on any atom is -0.345 e. The third-order valence-corrected chi connectivity index (χ3v) is 3.11. The molecule has 0 saturated heterocycles. The van der Waals surface area contributed by atoms with Gasteiger partial charge in [-0.15, -0.1) is 0 Å². The van der Waals surface area contributed by atoms with Crippen LogP contribution < -0.4 is 10.6 Å². The molecule has 1 rings (SSSR count). The standard InChI is InChI=1S/C17H21F3N2O2/c1-16(2,3)13-7-4-12(5-8-13)6-9-14(23)21-10-15(24)22-11-17(18,19)20/h4-9H,10-11H2,1-3H3,(H,21,23)(H,22,24)/b9-6+. The van der Waals surface area contributed by atoms with E-state index in [-0.39, 0.29) is 5.41 Å². The molecule has 2 N–H and O–H groups in total. The lowest BCUT2D eigenvalue weighted by atomic mass is 9.87. The molecule has 7 heteroatoms. The molecule has 0 aliphatic rings. The van der Waals surface area contributed by atoms with Crippen LogP contribution in [0.4, 0.5) is 13.2 Å². The molecule has 24 heavy (non-hydrogen) atoms. The second-order valence-electron chi connectivity index (χ2n) is 6.32. The summed E-state index contributed by atoms with van der Waals surface area (Å²) in [4.78, 5) is 22.7. The van der Waals surface area contributed by atoms with Crippen molar-refractivity contribution in [3.63, 3.8) is 0 Å². The zero-order chi connectivity index (χ0) is 18.4. The number of amides is 2. The number of alkyl halides is 3. The fourth-order valence-electron chi connectivity index (χ4n) is 1.75. The number of benzene rings is 1. The zero-order valence-corrected chi connectivity index (χ0v) is 13.8. The summed E-state index contributed by atoms with van der Waals surface area (Å²) in [5.74, 6) is -1.46. The molecule has 132 valence electrons. The third-order valence-electron chi connectivity index (χ3n) is 3.11. The number of hydrogen-bond donors (Lipinski definition) is 2. The summed E-state index contributed by atoms with van der Waals surface area (Å²) < 4.78 is 35.7. The first kappa shape index (κ1) is 19.7. The first-order chi connectivity index (χ1) is 11.0. The fourth-order valence-corrected chi connectivity index (χ4v) is 1.75. The van der Waals surface area contributed by atoms with Crippen LogP contribution in [0.2, 0.25) is 0 Å². The number of carbonyl (C=O) groups is 2. The van der Waals surface area contributed by atoms with Gasteiger partial charge in [0.05, 0.1) is 6.54 Å². The molecular formula is C17H21F3N2O2. The Labute approximate surface area is 139 Å². The van der Waals surface area contributed by atoms with Crippen molar-refractivity contribution in [1.29, 1.82) is 0 Å². The first-order valence-electron chi connectivity index (χ1n) is 7.37. The summed E-state index contributed by atoms with van der Waals surface area (Å²) in [5.41, 5.74) is 1.99. The van der Waals surface area contributed by atoms with Crippen LogP contribution in [-0.4, -0.2) is 31.1 Å². The molecule has 1 aromatic rings. The van der Waals surface area contributed by atoms with E-state index in [0.717, 1.165) is 11.1 Å². The number of hydrogen-bond acceptors (Lipinski definition) is 2. The van der Waals surface area contributed by atoms with Crippen LogP contribution in [0.3, 0.4) is 0 Å². The molecule has 0 aromatic heterocycles. The maximum Gasteiger partial charge on any atom is 0.405 e. The topological polar surface area (TPSA) is 58.2 Å². The third kappa shape index (κ3) is 7.80. The molecule has 0 radical (unpaired) electrons. The van der Waals surface area contributed by atoms with E-state index >= 15 is 0 Å². The second-order valence-corrected chi connectivity index (χ2v) is 6.32. The molecule has 0 spiro atoms. The highest BCUT2D eigenvalue weighted by Gasteiger charge is 2.27. The van der Waals surface area contributed by atoms with E-state index in [1.165, 1.54) is 6.08 Å².